The second kappa shape index (κ2) is 5.27. The highest BCUT2D eigenvalue weighted by molar-refractivity contribution is 9.10. The van der Waals surface area contributed by atoms with E-state index >= 15 is 0 Å². The van der Waals surface area contributed by atoms with Crippen molar-refractivity contribution in [3.05, 3.63) is 28.2 Å². The third-order valence-electron chi connectivity index (χ3n) is 1.72. The van der Waals surface area contributed by atoms with Crippen LogP contribution in [0.3, 0.4) is 0 Å². The molecule has 1 rings (SSSR count). The average Bonchev–Trinajstić information content (AvgIpc) is 2.18. The molecule has 0 aromatic heterocycles. The smallest absolute Gasteiger partial charge is 0.166 e. The van der Waals surface area contributed by atoms with Crippen LogP contribution in [0.15, 0.2) is 22.7 Å². The highest BCUT2D eigenvalue weighted by Gasteiger charge is 2.08. The summed E-state index contributed by atoms with van der Waals surface area (Å²) in [4.78, 5) is 0. The number of aromatic hydroxyl groups is 1. The van der Waals surface area contributed by atoms with E-state index in [2.05, 4.69) is 15.9 Å². The SMILES string of the molecule is COc1ccc(Br)c(C=CCCl)c1O. The summed E-state index contributed by atoms with van der Waals surface area (Å²) in [6, 6.07) is 3.50. The van der Waals surface area contributed by atoms with Gasteiger partial charge in [-0.1, -0.05) is 28.1 Å². The molecule has 0 bridgehead atoms. The maximum Gasteiger partial charge on any atom is 0.166 e. The van der Waals surface area contributed by atoms with Crippen LogP contribution in [0.1, 0.15) is 5.56 Å². The molecule has 0 aliphatic rings. The molecule has 4 heteroatoms. The van der Waals surface area contributed by atoms with Crippen molar-refractivity contribution in [3.8, 4) is 11.5 Å². The summed E-state index contributed by atoms with van der Waals surface area (Å²) in [6.45, 7) is 0. The Morgan fingerprint density at radius 3 is 2.86 bits per heavy atom. The molecule has 0 saturated heterocycles. The third-order valence-corrected chi connectivity index (χ3v) is 2.59. The number of methoxy groups -OCH3 is 1. The van der Waals surface area contributed by atoms with E-state index in [1.165, 1.54) is 7.11 Å². The van der Waals surface area contributed by atoms with Crippen molar-refractivity contribution in [1.29, 1.82) is 0 Å². The number of ether oxygens (including phenoxy) is 1. The first-order valence-corrected chi connectivity index (χ1v) is 5.31. The van der Waals surface area contributed by atoms with Crippen LogP contribution in [0.5, 0.6) is 11.5 Å². The van der Waals surface area contributed by atoms with Gasteiger partial charge in [-0.25, -0.2) is 0 Å². The van der Waals surface area contributed by atoms with E-state index in [-0.39, 0.29) is 5.75 Å². The summed E-state index contributed by atoms with van der Waals surface area (Å²) in [6.07, 6.45) is 3.50. The molecule has 0 saturated carbocycles. The Labute approximate surface area is 96.3 Å². The van der Waals surface area contributed by atoms with Crippen molar-refractivity contribution in [2.24, 2.45) is 0 Å². The van der Waals surface area contributed by atoms with Crippen LogP contribution in [0.4, 0.5) is 0 Å². The minimum absolute atomic E-state index is 0.114. The van der Waals surface area contributed by atoms with Crippen LogP contribution < -0.4 is 4.74 Å². The lowest BCUT2D eigenvalue weighted by atomic mass is 10.2. The van der Waals surface area contributed by atoms with Gasteiger partial charge >= 0.3 is 0 Å². The summed E-state index contributed by atoms with van der Waals surface area (Å²) in [5, 5.41) is 9.75. The predicted octanol–water partition coefficient (Wildman–Crippen LogP) is 3.42. The standard InChI is InChI=1S/C10H10BrClO2/c1-14-9-5-4-8(11)7(10(9)13)3-2-6-12/h2-5,13H,6H2,1H3. The highest BCUT2D eigenvalue weighted by atomic mass is 79.9. The van der Waals surface area contributed by atoms with Crippen LogP contribution >= 0.6 is 27.5 Å². The fourth-order valence-corrected chi connectivity index (χ4v) is 1.59. The largest absolute Gasteiger partial charge is 0.504 e. The first kappa shape index (κ1) is 11.4. The minimum atomic E-state index is 0.114. The molecule has 0 amide bonds. The van der Waals surface area contributed by atoms with Crippen molar-refractivity contribution in [1.82, 2.24) is 0 Å². The number of alkyl halides is 1. The molecule has 0 aliphatic carbocycles. The molecule has 0 spiro atoms. The van der Waals surface area contributed by atoms with Crippen molar-refractivity contribution in [2.45, 2.75) is 0 Å². The average molecular weight is 278 g/mol. The van der Waals surface area contributed by atoms with Crippen LogP contribution in [0.25, 0.3) is 6.08 Å². The topological polar surface area (TPSA) is 29.5 Å². The van der Waals surface area contributed by atoms with Gasteiger partial charge in [0.15, 0.2) is 11.5 Å². The van der Waals surface area contributed by atoms with Gasteiger partial charge in [-0.15, -0.1) is 11.6 Å². The van der Waals surface area contributed by atoms with E-state index in [1.807, 2.05) is 6.07 Å². The van der Waals surface area contributed by atoms with Crippen molar-refractivity contribution >= 4 is 33.6 Å². The van der Waals surface area contributed by atoms with Crippen LogP contribution in [0.2, 0.25) is 0 Å². The molecule has 0 radical (unpaired) electrons. The fraction of sp³-hybridized carbons (Fsp3) is 0.200. The third kappa shape index (κ3) is 2.42. The molecular formula is C10H10BrClO2. The Morgan fingerprint density at radius 1 is 1.57 bits per heavy atom. The summed E-state index contributed by atoms with van der Waals surface area (Å²) in [7, 11) is 1.51. The van der Waals surface area contributed by atoms with Crippen LogP contribution in [-0.2, 0) is 0 Å². The summed E-state index contributed by atoms with van der Waals surface area (Å²) < 4.78 is 5.79. The van der Waals surface area contributed by atoms with E-state index in [0.717, 1.165) is 4.47 Å². The van der Waals surface area contributed by atoms with E-state index < -0.39 is 0 Å². The maximum atomic E-state index is 9.75. The first-order chi connectivity index (χ1) is 6.70. The van der Waals surface area contributed by atoms with E-state index in [1.54, 1.807) is 18.2 Å². The van der Waals surface area contributed by atoms with Crippen LogP contribution in [-0.4, -0.2) is 18.1 Å². The summed E-state index contributed by atoms with van der Waals surface area (Å²) in [5.74, 6) is 0.967. The number of hydrogen-bond acceptors (Lipinski definition) is 2. The van der Waals surface area contributed by atoms with Gasteiger partial charge in [-0.05, 0) is 12.1 Å². The molecule has 0 atom stereocenters. The Morgan fingerprint density at radius 2 is 2.29 bits per heavy atom. The lowest BCUT2D eigenvalue weighted by Gasteiger charge is -2.07. The minimum Gasteiger partial charge on any atom is -0.504 e. The quantitative estimate of drug-likeness (QED) is 0.858. The molecule has 1 aromatic carbocycles. The van der Waals surface area contributed by atoms with Gasteiger partial charge in [0.25, 0.3) is 0 Å². The maximum absolute atomic E-state index is 9.75. The van der Waals surface area contributed by atoms with Gasteiger partial charge in [-0.3, -0.25) is 0 Å². The normalized spacial score (nSPS) is 10.8. The number of phenolic OH excluding ortho intramolecular Hbond substituents is 1. The lowest BCUT2D eigenvalue weighted by Crippen LogP contribution is -1.86. The summed E-state index contributed by atoms with van der Waals surface area (Å²) in [5.41, 5.74) is 0.671. The van der Waals surface area contributed by atoms with E-state index in [0.29, 0.717) is 17.2 Å². The van der Waals surface area contributed by atoms with Gasteiger partial charge in [0, 0.05) is 15.9 Å². The van der Waals surface area contributed by atoms with Gasteiger partial charge in [-0.2, -0.15) is 0 Å². The molecule has 14 heavy (non-hydrogen) atoms. The second-order valence-corrected chi connectivity index (χ2v) is 3.73. The van der Waals surface area contributed by atoms with E-state index in [4.69, 9.17) is 16.3 Å². The van der Waals surface area contributed by atoms with Gasteiger partial charge < -0.3 is 9.84 Å². The van der Waals surface area contributed by atoms with Crippen molar-refractivity contribution < 1.29 is 9.84 Å². The molecule has 76 valence electrons. The molecular weight excluding hydrogens is 267 g/mol. The van der Waals surface area contributed by atoms with Crippen LogP contribution in [0, 0.1) is 0 Å². The number of benzene rings is 1. The first-order valence-electron chi connectivity index (χ1n) is 3.98. The highest BCUT2D eigenvalue weighted by Crippen LogP contribution is 2.35. The second-order valence-electron chi connectivity index (χ2n) is 2.57. The molecule has 0 fully saturated rings. The zero-order valence-corrected chi connectivity index (χ0v) is 9.97. The number of allylic oxidation sites excluding steroid dienone is 1. The molecule has 0 aliphatic heterocycles. The molecule has 0 heterocycles. The Bertz CT molecular complexity index is 350. The summed E-state index contributed by atoms with van der Waals surface area (Å²) >= 11 is 8.85. The van der Waals surface area contributed by atoms with E-state index in [9.17, 15) is 5.11 Å². The number of rotatable bonds is 3. The molecule has 0 unspecified atom stereocenters. The van der Waals surface area contributed by atoms with Gasteiger partial charge in [0.2, 0.25) is 0 Å². The zero-order chi connectivity index (χ0) is 10.6. The molecule has 2 nitrogen and oxygen atoms in total. The number of phenols is 1. The lowest BCUT2D eigenvalue weighted by molar-refractivity contribution is 0.372. The number of hydrogen-bond donors (Lipinski definition) is 1. The van der Waals surface area contributed by atoms with Gasteiger partial charge in [0.1, 0.15) is 0 Å². The Kier molecular flexibility index (Phi) is 4.29. The Balaban J connectivity index is 3.18. The monoisotopic (exact) mass is 276 g/mol. The van der Waals surface area contributed by atoms with Gasteiger partial charge in [0.05, 0.1) is 7.11 Å². The number of halogens is 2. The fourth-order valence-electron chi connectivity index (χ4n) is 1.05. The molecule has 1 aromatic rings. The Hall–Kier alpha value is -0.670. The molecule has 1 N–H and O–H groups in total. The predicted molar refractivity (Wildman–Crippen MR) is 62.1 cm³/mol. The van der Waals surface area contributed by atoms with Crippen molar-refractivity contribution in [3.63, 3.8) is 0 Å². The van der Waals surface area contributed by atoms with Crippen molar-refractivity contribution in [2.75, 3.05) is 13.0 Å². The zero-order valence-electron chi connectivity index (χ0n) is 7.63.